The number of benzene rings is 1. The molecule has 2 N–H and O–H groups in total. The quantitative estimate of drug-likeness (QED) is 0.374. The van der Waals surface area contributed by atoms with Gasteiger partial charge in [-0.25, -0.2) is 4.79 Å². The highest BCUT2D eigenvalue weighted by Gasteiger charge is 2.48. The van der Waals surface area contributed by atoms with E-state index in [1.807, 2.05) is 38.1 Å². The molecule has 36 heavy (non-hydrogen) atoms. The maximum Gasteiger partial charge on any atom is 0.408 e. The number of hydrogen-bond acceptors (Lipinski definition) is 4. The van der Waals surface area contributed by atoms with Crippen LogP contribution in [0.1, 0.15) is 91.3 Å². The number of nitrogens with one attached hydrogen (secondary N) is 2. The van der Waals surface area contributed by atoms with Gasteiger partial charge in [-0.05, 0) is 62.6 Å². The van der Waals surface area contributed by atoms with Crippen LogP contribution < -0.4 is 10.6 Å². The van der Waals surface area contributed by atoms with Crippen molar-refractivity contribution < 1.29 is 19.1 Å². The Labute approximate surface area is 217 Å². The lowest BCUT2D eigenvalue weighted by atomic mass is 9.97. The topological polar surface area (TPSA) is 87.7 Å². The van der Waals surface area contributed by atoms with E-state index in [2.05, 4.69) is 31.1 Å². The van der Waals surface area contributed by atoms with E-state index in [4.69, 9.17) is 4.74 Å². The van der Waals surface area contributed by atoms with Gasteiger partial charge in [-0.3, -0.25) is 9.59 Å². The van der Waals surface area contributed by atoms with Crippen LogP contribution in [0.25, 0.3) is 6.08 Å². The molecule has 0 heterocycles. The van der Waals surface area contributed by atoms with Crippen LogP contribution in [0, 0.1) is 11.8 Å². The van der Waals surface area contributed by atoms with Crippen molar-refractivity contribution in [3.8, 4) is 0 Å². The van der Waals surface area contributed by atoms with E-state index >= 15 is 0 Å². The monoisotopic (exact) mass is 499 g/mol. The van der Waals surface area contributed by atoms with Crippen molar-refractivity contribution >= 4 is 24.0 Å². The van der Waals surface area contributed by atoms with Gasteiger partial charge in [0.15, 0.2) is 0 Å². The third-order valence-corrected chi connectivity index (χ3v) is 6.35. The van der Waals surface area contributed by atoms with E-state index < -0.39 is 23.8 Å². The molecule has 0 saturated heterocycles. The summed E-state index contributed by atoms with van der Waals surface area (Å²) in [7, 11) is 0. The second kappa shape index (κ2) is 12.9. The van der Waals surface area contributed by atoms with E-state index in [0.29, 0.717) is 6.54 Å². The summed E-state index contributed by atoms with van der Waals surface area (Å²) >= 11 is 0. The number of carbonyl (C=O) groups is 3. The fraction of sp³-hybridized carbons (Fsp3) is 0.621. The van der Waals surface area contributed by atoms with Crippen LogP contribution in [0.5, 0.6) is 0 Å². The minimum absolute atomic E-state index is 0.0852. The number of alkyl carbamates (subject to hydrolysis) is 1. The Morgan fingerprint density at radius 3 is 2.42 bits per heavy atom. The maximum atomic E-state index is 14.1. The largest absolute Gasteiger partial charge is 0.444 e. The van der Waals surface area contributed by atoms with Crippen LogP contribution in [0.4, 0.5) is 4.79 Å². The zero-order valence-corrected chi connectivity index (χ0v) is 23.1. The fourth-order valence-electron chi connectivity index (χ4n) is 4.26. The van der Waals surface area contributed by atoms with E-state index in [-0.39, 0.29) is 29.7 Å². The van der Waals surface area contributed by atoms with Gasteiger partial charge < -0.3 is 20.3 Å². The lowest BCUT2D eigenvalue weighted by Crippen LogP contribution is -2.55. The summed E-state index contributed by atoms with van der Waals surface area (Å²) in [5.74, 6) is -0.418. The zero-order chi connectivity index (χ0) is 27.0. The van der Waals surface area contributed by atoms with Crippen molar-refractivity contribution in [3.63, 3.8) is 0 Å². The minimum Gasteiger partial charge on any atom is -0.444 e. The van der Waals surface area contributed by atoms with E-state index in [1.165, 1.54) is 0 Å². The highest BCUT2D eigenvalue weighted by atomic mass is 16.6. The summed E-state index contributed by atoms with van der Waals surface area (Å²) in [5.41, 5.74) is 0.915. The highest BCUT2D eigenvalue weighted by Crippen LogP contribution is 2.41. The summed E-state index contributed by atoms with van der Waals surface area (Å²) in [5, 5.41) is 5.83. The number of nitrogens with zero attached hydrogens (tertiary/aromatic N) is 1. The Bertz CT molecular complexity index is 921. The number of unbranched alkanes of at least 4 members (excludes halogenated alkanes) is 2. The first-order chi connectivity index (χ1) is 16.9. The van der Waals surface area contributed by atoms with E-state index in [9.17, 15) is 14.4 Å². The molecule has 4 atom stereocenters. The Morgan fingerprint density at radius 2 is 1.89 bits per heavy atom. The van der Waals surface area contributed by atoms with Crippen LogP contribution in [-0.2, 0) is 14.3 Å². The first-order valence-corrected chi connectivity index (χ1v) is 13.2. The molecule has 1 saturated carbocycles. The Kier molecular flexibility index (Phi) is 10.6. The lowest BCUT2D eigenvalue weighted by molar-refractivity contribution is -0.144. The van der Waals surface area contributed by atoms with Gasteiger partial charge in [0.1, 0.15) is 17.7 Å². The molecule has 1 aliphatic carbocycles. The molecule has 3 amide bonds. The Morgan fingerprint density at radius 1 is 1.22 bits per heavy atom. The number of carbonyl (C=O) groups excluding carboxylic acids is 3. The molecule has 1 aromatic carbocycles. The van der Waals surface area contributed by atoms with Crippen LogP contribution in [0.15, 0.2) is 30.8 Å². The first-order valence-electron chi connectivity index (χ1n) is 13.2. The standard InChI is InChI=1S/C29H45N3O4/c1-9-11-12-16-30-26(33)25(22-15-13-14-21(10-2)18-22)32(23-17-20(23)5)27(34)24(19(3)4)31-28(35)36-29(6,7)8/h10,13-15,18-20,23-25H,2,9,11-12,16-17H2,1,3-8H3,(H,30,33)(H,31,35). The predicted molar refractivity (Wildman–Crippen MR) is 144 cm³/mol. The lowest BCUT2D eigenvalue weighted by Gasteiger charge is -2.36. The molecule has 0 aromatic heterocycles. The maximum absolute atomic E-state index is 14.1. The van der Waals surface area contributed by atoms with Crippen molar-refractivity contribution in [2.24, 2.45) is 11.8 Å². The minimum atomic E-state index is -0.828. The normalized spacial score (nSPS) is 18.7. The van der Waals surface area contributed by atoms with Crippen molar-refractivity contribution in [2.75, 3.05) is 6.54 Å². The molecule has 7 heteroatoms. The molecule has 1 aromatic rings. The highest BCUT2D eigenvalue weighted by molar-refractivity contribution is 5.92. The Balaban J connectivity index is 2.45. The van der Waals surface area contributed by atoms with Crippen LogP contribution in [0.2, 0.25) is 0 Å². The average molecular weight is 500 g/mol. The Hall–Kier alpha value is -2.83. The number of amides is 3. The van der Waals surface area contributed by atoms with Crippen molar-refractivity contribution in [1.82, 2.24) is 15.5 Å². The zero-order valence-electron chi connectivity index (χ0n) is 23.1. The van der Waals surface area contributed by atoms with Crippen LogP contribution in [0.3, 0.4) is 0 Å². The molecule has 2 rings (SSSR count). The van der Waals surface area contributed by atoms with Gasteiger partial charge in [0.05, 0.1) is 0 Å². The molecule has 200 valence electrons. The molecule has 7 nitrogen and oxygen atoms in total. The second-order valence-electron chi connectivity index (χ2n) is 11.2. The molecule has 0 spiro atoms. The number of ether oxygens (including phenoxy) is 1. The molecular weight excluding hydrogens is 454 g/mol. The summed E-state index contributed by atoms with van der Waals surface area (Å²) in [6.07, 6.45) is 4.85. The van der Waals surface area contributed by atoms with Gasteiger partial charge >= 0.3 is 6.09 Å². The summed E-state index contributed by atoms with van der Waals surface area (Å²) < 4.78 is 5.43. The number of rotatable bonds is 12. The third kappa shape index (κ3) is 8.38. The van der Waals surface area contributed by atoms with Gasteiger partial charge in [-0.1, -0.05) is 71.4 Å². The molecule has 0 radical (unpaired) electrons. The van der Waals surface area contributed by atoms with Crippen molar-refractivity contribution in [2.45, 2.75) is 97.9 Å². The smallest absolute Gasteiger partial charge is 0.408 e. The molecule has 1 fully saturated rings. The van der Waals surface area contributed by atoms with Gasteiger partial charge in [-0.15, -0.1) is 0 Å². The van der Waals surface area contributed by atoms with Gasteiger partial charge in [0.25, 0.3) is 0 Å². The average Bonchev–Trinajstić information content (AvgIpc) is 3.52. The molecule has 0 bridgehead atoms. The molecule has 4 unspecified atom stereocenters. The van der Waals surface area contributed by atoms with Crippen molar-refractivity contribution in [3.05, 3.63) is 42.0 Å². The van der Waals surface area contributed by atoms with Gasteiger partial charge in [0.2, 0.25) is 11.8 Å². The molecule has 0 aliphatic heterocycles. The second-order valence-corrected chi connectivity index (χ2v) is 11.2. The summed E-state index contributed by atoms with van der Waals surface area (Å²) in [4.78, 5) is 42.1. The first kappa shape index (κ1) is 29.4. The van der Waals surface area contributed by atoms with Crippen LogP contribution >= 0.6 is 0 Å². The van der Waals surface area contributed by atoms with E-state index in [1.54, 1.807) is 31.7 Å². The molecular formula is C29H45N3O4. The molecule has 1 aliphatic rings. The summed E-state index contributed by atoms with van der Waals surface area (Å²) in [6.45, 7) is 17.7. The third-order valence-electron chi connectivity index (χ3n) is 6.35. The van der Waals surface area contributed by atoms with Gasteiger partial charge in [-0.2, -0.15) is 0 Å². The SMILES string of the molecule is C=Cc1cccc(C(C(=O)NCCCCC)N(C(=O)C(NC(=O)OC(C)(C)C)C(C)C)C2CC2C)c1. The predicted octanol–water partition coefficient (Wildman–Crippen LogP) is 5.46. The summed E-state index contributed by atoms with van der Waals surface area (Å²) in [6, 6.07) is 5.85. The fourth-order valence-corrected chi connectivity index (χ4v) is 4.26. The van der Waals surface area contributed by atoms with Gasteiger partial charge in [0, 0.05) is 12.6 Å². The van der Waals surface area contributed by atoms with Crippen molar-refractivity contribution in [1.29, 1.82) is 0 Å². The van der Waals surface area contributed by atoms with Crippen LogP contribution in [-0.4, -0.2) is 47.0 Å². The number of hydrogen-bond donors (Lipinski definition) is 2. The van der Waals surface area contributed by atoms with E-state index in [0.717, 1.165) is 36.8 Å².